The number of rotatable bonds is 0. The molecule has 0 unspecified atom stereocenters. The van der Waals surface area contributed by atoms with Crippen LogP contribution in [0.15, 0.2) is 12.1 Å². The van der Waals surface area contributed by atoms with Gasteiger partial charge in [0.1, 0.15) is 0 Å². The van der Waals surface area contributed by atoms with Gasteiger partial charge in [-0.2, -0.15) is 6.07 Å². The Hall–Kier alpha value is 0.147. The van der Waals surface area contributed by atoms with Crippen molar-refractivity contribution in [2.75, 3.05) is 6.79 Å². The average Bonchev–Trinajstić information content (AvgIpc) is 2.33. The van der Waals surface area contributed by atoms with Gasteiger partial charge in [0.05, 0.1) is 11.5 Å². The van der Waals surface area contributed by atoms with Gasteiger partial charge in [0.2, 0.25) is 6.79 Å². The largest absolute Gasteiger partial charge is 1.00 e. The molecule has 0 aliphatic carbocycles. The monoisotopic (exact) mass is 254 g/mol. The van der Waals surface area contributed by atoms with Crippen molar-refractivity contribution in [1.82, 2.24) is 0 Å². The van der Waals surface area contributed by atoms with E-state index in [-0.39, 0.29) is 18.9 Å². The van der Waals surface area contributed by atoms with E-state index < -0.39 is 0 Å². The van der Waals surface area contributed by atoms with E-state index in [9.17, 15) is 0 Å². The van der Waals surface area contributed by atoms with Crippen LogP contribution in [-0.4, -0.2) is 6.79 Å². The molecule has 4 heteroatoms. The van der Waals surface area contributed by atoms with Crippen LogP contribution in [0.2, 0.25) is 0 Å². The van der Waals surface area contributed by atoms with E-state index in [0.29, 0.717) is 6.79 Å². The maximum absolute atomic E-state index is 5.10. The number of fused-ring (bicyclic) bond motifs is 1. The number of hydrogen-bond acceptors (Lipinski definition) is 2. The average molecular weight is 254 g/mol. The Bertz CT molecular complexity index is 265. The van der Waals surface area contributed by atoms with Crippen molar-refractivity contribution in [3.63, 3.8) is 0 Å². The quantitative estimate of drug-likeness (QED) is 0.330. The zero-order valence-electron chi connectivity index (χ0n) is 6.06. The Morgan fingerprint density at radius 1 is 1.36 bits per heavy atom. The van der Waals surface area contributed by atoms with Gasteiger partial charge in [-0.05, 0) is 0 Å². The molecule has 1 aliphatic rings. The van der Waals surface area contributed by atoms with Crippen LogP contribution in [0, 0.1) is 9.64 Å². The summed E-state index contributed by atoms with van der Waals surface area (Å²) in [6.07, 6.45) is 0. The first-order valence-electron chi connectivity index (χ1n) is 2.84. The SMILES string of the molecule is Ic1[c-]c2c(cc1)OCO2.[Li+]. The van der Waals surface area contributed by atoms with E-state index in [0.717, 1.165) is 15.1 Å². The molecular formula is C7H4ILiO2. The van der Waals surface area contributed by atoms with Gasteiger partial charge in [-0.25, -0.2) is 0 Å². The Labute approximate surface area is 90.6 Å². The molecule has 0 saturated heterocycles. The van der Waals surface area contributed by atoms with Gasteiger partial charge in [0, 0.05) is 0 Å². The van der Waals surface area contributed by atoms with Crippen molar-refractivity contribution in [2.45, 2.75) is 0 Å². The topological polar surface area (TPSA) is 18.5 Å². The molecule has 1 aromatic carbocycles. The summed E-state index contributed by atoms with van der Waals surface area (Å²) in [4.78, 5) is 0. The van der Waals surface area contributed by atoms with Crippen LogP contribution in [0.1, 0.15) is 0 Å². The van der Waals surface area contributed by atoms with Crippen molar-refractivity contribution < 1.29 is 28.3 Å². The summed E-state index contributed by atoms with van der Waals surface area (Å²) in [5, 5.41) is 0. The fourth-order valence-electron chi connectivity index (χ4n) is 0.809. The third-order valence-electron chi connectivity index (χ3n) is 1.26. The van der Waals surface area contributed by atoms with Crippen molar-refractivity contribution in [3.05, 3.63) is 21.8 Å². The van der Waals surface area contributed by atoms with E-state index in [2.05, 4.69) is 28.7 Å². The molecule has 1 aromatic rings. The molecule has 0 amide bonds. The van der Waals surface area contributed by atoms with Gasteiger partial charge in [-0.1, -0.05) is 26.2 Å². The summed E-state index contributed by atoms with van der Waals surface area (Å²) in [6, 6.07) is 6.86. The Morgan fingerprint density at radius 3 is 3.00 bits per heavy atom. The van der Waals surface area contributed by atoms with Crippen molar-refractivity contribution in [2.24, 2.45) is 0 Å². The van der Waals surface area contributed by atoms with Gasteiger partial charge in [0.25, 0.3) is 0 Å². The predicted octanol–water partition coefficient (Wildman–Crippen LogP) is -1.18. The maximum atomic E-state index is 5.10. The molecule has 0 N–H and O–H groups in total. The Balaban J connectivity index is 0.000000605. The minimum atomic E-state index is 0. The molecule has 2 rings (SSSR count). The summed E-state index contributed by atoms with van der Waals surface area (Å²) in [6.45, 7) is 0.325. The van der Waals surface area contributed by atoms with Crippen molar-refractivity contribution >= 4 is 22.6 Å². The van der Waals surface area contributed by atoms with E-state index in [1.165, 1.54) is 0 Å². The molecule has 0 saturated carbocycles. The second-order valence-electron chi connectivity index (χ2n) is 1.91. The van der Waals surface area contributed by atoms with Crippen LogP contribution in [-0.2, 0) is 0 Å². The van der Waals surface area contributed by atoms with E-state index in [1.807, 2.05) is 12.1 Å². The van der Waals surface area contributed by atoms with Gasteiger partial charge in [-0.15, -0.1) is 12.1 Å². The minimum absolute atomic E-state index is 0. The van der Waals surface area contributed by atoms with E-state index in [4.69, 9.17) is 9.47 Å². The first kappa shape index (κ1) is 9.24. The third-order valence-corrected chi connectivity index (χ3v) is 1.88. The molecular weight excluding hydrogens is 250 g/mol. The second kappa shape index (κ2) is 3.70. The van der Waals surface area contributed by atoms with Crippen molar-refractivity contribution in [3.8, 4) is 11.5 Å². The molecule has 0 fully saturated rings. The molecule has 0 aromatic heterocycles. The van der Waals surface area contributed by atoms with Crippen LogP contribution in [0.25, 0.3) is 0 Å². The molecule has 0 radical (unpaired) electrons. The zero-order valence-corrected chi connectivity index (χ0v) is 8.21. The molecule has 0 spiro atoms. The molecule has 2 nitrogen and oxygen atoms in total. The third kappa shape index (κ3) is 1.84. The minimum Gasteiger partial charge on any atom is -0.516 e. The fraction of sp³-hybridized carbons (Fsp3) is 0.143. The molecule has 52 valence electrons. The summed E-state index contributed by atoms with van der Waals surface area (Å²) < 4.78 is 11.2. The van der Waals surface area contributed by atoms with E-state index in [1.54, 1.807) is 0 Å². The predicted molar refractivity (Wildman–Crippen MR) is 44.1 cm³/mol. The van der Waals surface area contributed by atoms with Crippen LogP contribution in [0.3, 0.4) is 0 Å². The standard InChI is InChI=1S/C7H4IO2.Li/c8-5-1-2-6-7(3-5)10-4-9-6;/h1-2H,4H2;/q-1;+1. The van der Waals surface area contributed by atoms with Crippen molar-refractivity contribution in [1.29, 1.82) is 0 Å². The zero-order chi connectivity index (χ0) is 6.97. The first-order chi connectivity index (χ1) is 4.86. The van der Waals surface area contributed by atoms with Gasteiger partial charge >= 0.3 is 18.9 Å². The van der Waals surface area contributed by atoms with Crippen LogP contribution < -0.4 is 28.3 Å². The summed E-state index contributed by atoms with van der Waals surface area (Å²) >= 11 is 2.18. The molecule has 11 heavy (non-hydrogen) atoms. The molecule has 0 atom stereocenters. The first-order valence-corrected chi connectivity index (χ1v) is 3.91. The number of ether oxygens (including phenoxy) is 2. The van der Waals surface area contributed by atoms with E-state index >= 15 is 0 Å². The van der Waals surface area contributed by atoms with Gasteiger partial charge < -0.3 is 9.47 Å². The number of benzene rings is 1. The molecule has 1 aliphatic heterocycles. The molecule has 1 heterocycles. The summed E-state index contributed by atoms with van der Waals surface area (Å²) in [5.41, 5.74) is 0. The Kier molecular flexibility index (Phi) is 3.11. The second-order valence-corrected chi connectivity index (χ2v) is 3.07. The fourth-order valence-corrected chi connectivity index (χ4v) is 1.23. The van der Waals surface area contributed by atoms with Gasteiger partial charge in [-0.3, -0.25) is 0 Å². The maximum Gasteiger partial charge on any atom is 1.00 e. The van der Waals surface area contributed by atoms with Crippen LogP contribution in [0.4, 0.5) is 0 Å². The van der Waals surface area contributed by atoms with Crippen LogP contribution in [0.5, 0.6) is 11.5 Å². The van der Waals surface area contributed by atoms with Crippen LogP contribution >= 0.6 is 22.6 Å². The summed E-state index contributed by atoms with van der Waals surface area (Å²) in [5.74, 6) is 1.52. The normalized spacial score (nSPS) is 12.5. The summed E-state index contributed by atoms with van der Waals surface area (Å²) in [7, 11) is 0. The number of halogens is 1. The van der Waals surface area contributed by atoms with Gasteiger partial charge in [0.15, 0.2) is 0 Å². The Morgan fingerprint density at radius 2 is 2.18 bits per heavy atom. The smallest absolute Gasteiger partial charge is 0.516 e. The molecule has 0 bridgehead atoms. The number of hydrogen-bond donors (Lipinski definition) is 0.